The minimum Gasteiger partial charge on any atom is -0.406 e. The molecule has 2 rings (SSSR count). The van der Waals surface area contributed by atoms with Crippen molar-refractivity contribution in [2.75, 3.05) is 0 Å². The van der Waals surface area contributed by atoms with Crippen molar-refractivity contribution in [2.45, 2.75) is 64.1 Å². The van der Waals surface area contributed by atoms with E-state index in [-0.39, 0.29) is 5.75 Å². The van der Waals surface area contributed by atoms with Gasteiger partial charge in [-0.3, -0.25) is 4.79 Å². The summed E-state index contributed by atoms with van der Waals surface area (Å²) in [5.41, 5.74) is 1.05. The van der Waals surface area contributed by atoms with E-state index in [0.717, 1.165) is 37.7 Å². The number of carbonyl (C=O) groups excluding carboxylic acids is 1. The normalized spacial score (nSPS) is 21.9. The Morgan fingerprint density at radius 2 is 1.74 bits per heavy atom. The Kier molecular flexibility index (Phi) is 6.08. The van der Waals surface area contributed by atoms with Crippen LogP contribution in [0.3, 0.4) is 0 Å². The van der Waals surface area contributed by atoms with Crippen LogP contribution in [0.2, 0.25) is 0 Å². The second-order valence-corrected chi connectivity index (χ2v) is 6.33. The summed E-state index contributed by atoms with van der Waals surface area (Å²) in [6, 6.07) is 6.18. The van der Waals surface area contributed by atoms with Gasteiger partial charge in [0.1, 0.15) is 11.5 Å². The van der Waals surface area contributed by atoms with Gasteiger partial charge in [0.15, 0.2) is 0 Å². The number of ketones is 1. The third-order valence-corrected chi connectivity index (χ3v) is 4.48. The van der Waals surface area contributed by atoms with E-state index in [9.17, 15) is 18.0 Å². The Morgan fingerprint density at radius 1 is 1.13 bits per heavy atom. The van der Waals surface area contributed by atoms with Crippen molar-refractivity contribution in [3.05, 3.63) is 29.8 Å². The largest absolute Gasteiger partial charge is 0.573 e. The number of ether oxygens (including phenoxy) is 1. The first kappa shape index (κ1) is 17.8. The van der Waals surface area contributed by atoms with Gasteiger partial charge in [0.2, 0.25) is 0 Å². The molecule has 0 spiro atoms. The molecule has 1 aromatic rings. The zero-order valence-electron chi connectivity index (χ0n) is 13.4. The highest BCUT2D eigenvalue weighted by molar-refractivity contribution is 5.78. The van der Waals surface area contributed by atoms with Gasteiger partial charge >= 0.3 is 6.36 Å². The molecule has 1 aliphatic carbocycles. The topological polar surface area (TPSA) is 26.3 Å². The maximum Gasteiger partial charge on any atom is 0.573 e. The Hall–Kier alpha value is -1.52. The summed E-state index contributed by atoms with van der Waals surface area (Å²) in [4.78, 5) is 11.7. The number of alkyl halides is 3. The van der Waals surface area contributed by atoms with Crippen LogP contribution in [0.1, 0.15) is 63.4 Å². The molecule has 1 saturated carbocycles. The number of halogens is 3. The molecule has 1 fully saturated rings. The van der Waals surface area contributed by atoms with Crippen molar-refractivity contribution in [3.8, 4) is 5.75 Å². The van der Waals surface area contributed by atoms with Crippen LogP contribution in [0.4, 0.5) is 13.2 Å². The van der Waals surface area contributed by atoms with E-state index >= 15 is 0 Å². The molecule has 23 heavy (non-hydrogen) atoms. The molecular formula is C18H23F3O2. The fourth-order valence-corrected chi connectivity index (χ4v) is 3.34. The van der Waals surface area contributed by atoms with Crippen LogP contribution in [-0.4, -0.2) is 12.1 Å². The molecular weight excluding hydrogens is 305 g/mol. The van der Waals surface area contributed by atoms with E-state index in [4.69, 9.17) is 0 Å². The summed E-state index contributed by atoms with van der Waals surface area (Å²) in [6.45, 7) is 2.01. The average Bonchev–Trinajstić information content (AvgIpc) is 2.47. The molecule has 0 radical (unpaired) electrons. The number of carbonyl (C=O) groups is 1. The highest BCUT2D eigenvalue weighted by Gasteiger charge is 2.31. The van der Waals surface area contributed by atoms with Crippen molar-refractivity contribution in [2.24, 2.45) is 5.92 Å². The molecule has 0 atom stereocenters. The van der Waals surface area contributed by atoms with Crippen LogP contribution in [0.5, 0.6) is 5.75 Å². The van der Waals surface area contributed by atoms with Crippen LogP contribution in [0.15, 0.2) is 24.3 Å². The van der Waals surface area contributed by atoms with Crippen molar-refractivity contribution in [1.82, 2.24) is 0 Å². The third-order valence-electron chi connectivity index (χ3n) is 4.48. The van der Waals surface area contributed by atoms with Crippen LogP contribution in [0, 0.1) is 5.92 Å². The molecule has 0 amide bonds. The lowest BCUT2D eigenvalue weighted by molar-refractivity contribution is -0.274. The van der Waals surface area contributed by atoms with Gasteiger partial charge in [0, 0.05) is 12.8 Å². The standard InChI is InChI=1S/C18H23F3O2/c1-2-3-16(22)12-13-4-6-14(7-5-13)15-8-10-17(11-9-15)23-18(19,20)21/h8-11,13-14H,2-7,12H2,1H3/t13-,14-. The molecule has 0 aromatic heterocycles. The van der Waals surface area contributed by atoms with Crippen LogP contribution in [-0.2, 0) is 4.79 Å². The molecule has 5 heteroatoms. The van der Waals surface area contributed by atoms with Gasteiger partial charge in [-0.2, -0.15) is 0 Å². The molecule has 1 aliphatic rings. The minimum atomic E-state index is -4.65. The van der Waals surface area contributed by atoms with Gasteiger partial charge < -0.3 is 4.74 Å². The maximum absolute atomic E-state index is 12.1. The van der Waals surface area contributed by atoms with Gasteiger partial charge in [-0.15, -0.1) is 13.2 Å². The SMILES string of the molecule is CCCC(=O)C[C@H]1CC[C@H](c2ccc(OC(F)(F)F)cc2)CC1. The summed E-state index contributed by atoms with van der Waals surface area (Å²) in [6.07, 6.45) is 1.61. The number of Topliss-reactive ketones (excluding diaryl/α,β-unsaturated/α-hetero) is 1. The predicted molar refractivity (Wildman–Crippen MR) is 82.4 cm³/mol. The lowest BCUT2D eigenvalue weighted by atomic mass is 9.77. The summed E-state index contributed by atoms with van der Waals surface area (Å²) in [5.74, 6) is 1.01. The Morgan fingerprint density at radius 3 is 2.26 bits per heavy atom. The number of hydrogen-bond donors (Lipinski definition) is 0. The lowest BCUT2D eigenvalue weighted by Crippen LogP contribution is -2.17. The second-order valence-electron chi connectivity index (χ2n) is 6.33. The minimum absolute atomic E-state index is 0.180. The fraction of sp³-hybridized carbons (Fsp3) is 0.611. The zero-order valence-corrected chi connectivity index (χ0v) is 13.4. The predicted octanol–water partition coefficient (Wildman–Crippen LogP) is 5.62. The summed E-state index contributed by atoms with van der Waals surface area (Å²) >= 11 is 0. The fourth-order valence-electron chi connectivity index (χ4n) is 3.34. The highest BCUT2D eigenvalue weighted by atomic mass is 19.4. The van der Waals surface area contributed by atoms with Gasteiger partial charge in [-0.1, -0.05) is 19.1 Å². The van der Waals surface area contributed by atoms with Crippen molar-refractivity contribution in [3.63, 3.8) is 0 Å². The number of hydrogen-bond acceptors (Lipinski definition) is 2. The third kappa shape index (κ3) is 5.88. The molecule has 0 saturated heterocycles. The van der Waals surface area contributed by atoms with Gasteiger partial charge in [0.05, 0.1) is 0 Å². The van der Waals surface area contributed by atoms with E-state index in [1.54, 1.807) is 12.1 Å². The Balaban J connectivity index is 1.84. The summed E-state index contributed by atoms with van der Waals surface area (Å²) in [5, 5.41) is 0. The number of benzene rings is 1. The maximum atomic E-state index is 12.1. The van der Waals surface area contributed by atoms with Crippen molar-refractivity contribution >= 4 is 5.78 Å². The highest BCUT2D eigenvalue weighted by Crippen LogP contribution is 2.38. The van der Waals surface area contributed by atoms with Crippen molar-refractivity contribution in [1.29, 1.82) is 0 Å². The van der Waals surface area contributed by atoms with E-state index in [1.807, 2.05) is 6.92 Å². The van der Waals surface area contributed by atoms with E-state index in [0.29, 0.717) is 30.5 Å². The molecule has 128 valence electrons. The summed E-state index contributed by atoms with van der Waals surface area (Å²) in [7, 11) is 0. The summed E-state index contributed by atoms with van der Waals surface area (Å²) < 4.78 is 40.3. The first-order valence-corrected chi connectivity index (χ1v) is 8.24. The number of rotatable bonds is 6. The first-order valence-electron chi connectivity index (χ1n) is 8.24. The monoisotopic (exact) mass is 328 g/mol. The molecule has 0 N–H and O–H groups in total. The molecule has 0 bridgehead atoms. The van der Waals surface area contributed by atoms with Crippen LogP contribution in [0.25, 0.3) is 0 Å². The molecule has 0 aliphatic heterocycles. The Labute approximate surface area is 135 Å². The smallest absolute Gasteiger partial charge is 0.406 e. The van der Waals surface area contributed by atoms with E-state index in [1.165, 1.54) is 12.1 Å². The van der Waals surface area contributed by atoms with Gasteiger partial charge in [-0.05, 0) is 61.6 Å². The molecule has 2 nitrogen and oxygen atoms in total. The Bertz CT molecular complexity index is 500. The molecule has 1 aromatic carbocycles. The van der Waals surface area contributed by atoms with Crippen molar-refractivity contribution < 1.29 is 22.7 Å². The second kappa shape index (κ2) is 7.84. The molecule has 0 heterocycles. The zero-order chi connectivity index (χ0) is 16.9. The quantitative estimate of drug-likeness (QED) is 0.677. The molecule has 0 unspecified atom stereocenters. The van der Waals surface area contributed by atoms with Gasteiger partial charge in [0.25, 0.3) is 0 Å². The first-order chi connectivity index (χ1) is 10.9. The van der Waals surface area contributed by atoms with Crippen LogP contribution < -0.4 is 4.74 Å². The average molecular weight is 328 g/mol. The van der Waals surface area contributed by atoms with Gasteiger partial charge in [-0.25, -0.2) is 0 Å². The lowest BCUT2D eigenvalue weighted by Gasteiger charge is -2.28. The van der Waals surface area contributed by atoms with Crippen LogP contribution >= 0.6 is 0 Å². The van der Waals surface area contributed by atoms with E-state index in [2.05, 4.69) is 4.74 Å². The van der Waals surface area contributed by atoms with E-state index < -0.39 is 6.36 Å².